The number of hydrogen-bond acceptors (Lipinski definition) is 2. The minimum atomic E-state index is -0.345. The van der Waals surface area contributed by atoms with Crippen LogP contribution in [0.5, 0.6) is 5.75 Å². The molecule has 0 bridgehead atoms. The molecule has 100 valence electrons. The van der Waals surface area contributed by atoms with Crippen LogP contribution in [0, 0.1) is 5.82 Å². The zero-order valence-electron chi connectivity index (χ0n) is 10.8. The van der Waals surface area contributed by atoms with Gasteiger partial charge in [-0.05, 0) is 42.8 Å². The van der Waals surface area contributed by atoms with E-state index >= 15 is 0 Å². The van der Waals surface area contributed by atoms with Crippen LogP contribution in [0.4, 0.5) is 10.1 Å². The molecular weight excluding hydrogens is 309 g/mol. The molecule has 2 rings (SSSR count). The van der Waals surface area contributed by atoms with Crippen LogP contribution in [0.15, 0.2) is 46.9 Å². The standard InChI is InChI=1S/C15H15BrFNO/c1-10(18-13-5-3-4-12(16)9-13)11-6-7-15(19-2)14(17)8-11/h3-10,18H,1-2H3. The molecule has 1 unspecified atom stereocenters. The summed E-state index contributed by atoms with van der Waals surface area (Å²) in [4.78, 5) is 0. The van der Waals surface area contributed by atoms with Crippen molar-refractivity contribution in [1.82, 2.24) is 0 Å². The molecule has 19 heavy (non-hydrogen) atoms. The lowest BCUT2D eigenvalue weighted by Crippen LogP contribution is -2.07. The van der Waals surface area contributed by atoms with Gasteiger partial charge in [0.05, 0.1) is 7.11 Å². The molecule has 0 aliphatic carbocycles. The predicted octanol–water partition coefficient (Wildman–Crippen LogP) is 4.77. The highest BCUT2D eigenvalue weighted by molar-refractivity contribution is 9.10. The molecule has 2 aromatic carbocycles. The van der Waals surface area contributed by atoms with Gasteiger partial charge in [0.2, 0.25) is 0 Å². The van der Waals surface area contributed by atoms with Gasteiger partial charge >= 0.3 is 0 Å². The Morgan fingerprint density at radius 2 is 2.00 bits per heavy atom. The normalized spacial score (nSPS) is 12.0. The second kappa shape index (κ2) is 6.06. The zero-order valence-corrected chi connectivity index (χ0v) is 12.4. The summed E-state index contributed by atoms with van der Waals surface area (Å²) < 4.78 is 19.6. The van der Waals surface area contributed by atoms with Crippen molar-refractivity contribution in [3.63, 3.8) is 0 Å². The minimum Gasteiger partial charge on any atom is -0.494 e. The molecule has 0 radical (unpaired) electrons. The summed E-state index contributed by atoms with van der Waals surface area (Å²) in [6.45, 7) is 1.99. The lowest BCUT2D eigenvalue weighted by Gasteiger charge is -2.16. The van der Waals surface area contributed by atoms with Crippen LogP contribution >= 0.6 is 15.9 Å². The summed E-state index contributed by atoms with van der Waals surface area (Å²) in [5.41, 5.74) is 1.86. The van der Waals surface area contributed by atoms with E-state index in [9.17, 15) is 4.39 Å². The Labute approximate surface area is 120 Å². The van der Waals surface area contributed by atoms with Crippen molar-refractivity contribution in [1.29, 1.82) is 0 Å². The highest BCUT2D eigenvalue weighted by Gasteiger charge is 2.09. The maximum absolute atomic E-state index is 13.7. The summed E-state index contributed by atoms with van der Waals surface area (Å²) in [5, 5.41) is 3.33. The molecular formula is C15H15BrFNO. The second-order valence-corrected chi connectivity index (χ2v) is 5.19. The van der Waals surface area contributed by atoms with Crippen molar-refractivity contribution < 1.29 is 9.13 Å². The van der Waals surface area contributed by atoms with Crippen molar-refractivity contribution in [2.24, 2.45) is 0 Å². The number of benzene rings is 2. The Balaban J connectivity index is 2.15. The molecule has 0 fully saturated rings. The fourth-order valence-corrected chi connectivity index (χ4v) is 2.26. The number of hydrogen-bond donors (Lipinski definition) is 1. The third-order valence-corrected chi connectivity index (χ3v) is 3.38. The lowest BCUT2D eigenvalue weighted by molar-refractivity contribution is 0.386. The van der Waals surface area contributed by atoms with Crippen LogP contribution in [0.25, 0.3) is 0 Å². The van der Waals surface area contributed by atoms with Gasteiger partial charge in [0.15, 0.2) is 11.6 Å². The molecule has 0 aromatic heterocycles. The predicted molar refractivity (Wildman–Crippen MR) is 79.1 cm³/mol. The Morgan fingerprint density at radius 3 is 2.63 bits per heavy atom. The Morgan fingerprint density at radius 1 is 1.21 bits per heavy atom. The largest absolute Gasteiger partial charge is 0.494 e. The Bertz CT molecular complexity index is 574. The van der Waals surface area contributed by atoms with E-state index in [-0.39, 0.29) is 17.6 Å². The highest BCUT2D eigenvalue weighted by atomic mass is 79.9. The van der Waals surface area contributed by atoms with E-state index in [1.165, 1.54) is 13.2 Å². The molecule has 2 aromatic rings. The zero-order chi connectivity index (χ0) is 13.8. The number of anilines is 1. The van der Waals surface area contributed by atoms with Gasteiger partial charge in [0, 0.05) is 16.2 Å². The smallest absolute Gasteiger partial charge is 0.165 e. The Kier molecular flexibility index (Phi) is 4.43. The van der Waals surface area contributed by atoms with Crippen LogP contribution in [0.2, 0.25) is 0 Å². The van der Waals surface area contributed by atoms with Gasteiger partial charge in [-0.3, -0.25) is 0 Å². The van der Waals surface area contributed by atoms with Gasteiger partial charge in [-0.25, -0.2) is 4.39 Å². The van der Waals surface area contributed by atoms with Crippen LogP contribution in [-0.4, -0.2) is 7.11 Å². The molecule has 2 nitrogen and oxygen atoms in total. The molecule has 1 N–H and O–H groups in total. The first-order chi connectivity index (χ1) is 9.10. The monoisotopic (exact) mass is 323 g/mol. The van der Waals surface area contributed by atoms with Crippen LogP contribution in [0.1, 0.15) is 18.5 Å². The number of halogens is 2. The summed E-state index contributed by atoms with van der Waals surface area (Å²) >= 11 is 3.42. The van der Waals surface area contributed by atoms with E-state index in [0.29, 0.717) is 0 Å². The van der Waals surface area contributed by atoms with Crippen molar-refractivity contribution >= 4 is 21.6 Å². The van der Waals surface area contributed by atoms with Crippen molar-refractivity contribution in [3.05, 3.63) is 58.3 Å². The molecule has 0 aliphatic heterocycles. The van der Waals surface area contributed by atoms with Gasteiger partial charge in [-0.2, -0.15) is 0 Å². The maximum atomic E-state index is 13.7. The minimum absolute atomic E-state index is 0.00899. The molecule has 0 saturated heterocycles. The average Bonchev–Trinajstić information content (AvgIpc) is 2.38. The van der Waals surface area contributed by atoms with Gasteiger partial charge in [-0.15, -0.1) is 0 Å². The number of nitrogens with one attached hydrogen (secondary N) is 1. The van der Waals surface area contributed by atoms with E-state index in [1.54, 1.807) is 6.07 Å². The summed E-state index contributed by atoms with van der Waals surface area (Å²) in [5.74, 6) is -0.0821. The third-order valence-electron chi connectivity index (χ3n) is 2.88. The topological polar surface area (TPSA) is 21.3 Å². The van der Waals surface area contributed by atoms with E-state index in [2.05, 4.69) is 21.2 Å². The first-order valence-corrected chi connectivity index (χ1v) is 6.75. The fraction of sp³-hybridized carbons (Fsp3) is 0.200. The molecule has 4 heteroatoms. The molecule has 0 heterocycles. The van der Waals surface area contributed by atoms with E-state index in [4.69, 9.17) is 4.74 Å². The van der Waals surface area contributed by atoms with Crippen molar-refractivity contribution in [2.75, 3.05) is 12.4 Å². The van der Waals surface area contributed by atoms with Crippen molar-refractivity contribution in [2.45, 2.75) is 13.0 Å². The van der Waals surface area contributed by atoms with Gasteiger partial charge < -0.3 is 10.1 Å². The van der Waals surface area contributed by atoms with Gasteiger partial charge in [-0.1, -0.05) is 28.1 Å². The number of rotatable bonds is 4. The van der Waals surface area contributed by atoms with E-state index < -0.39 is 0 Å². The second-order valence-electron chi connectivity index (χ2n) is 4.27. The quantitative estimate of drug-likeness (QED) is 0.875. The maximum Gasteiger partial charge on any atom is 0.165 e. The van der Waals surface area contributed by atoms with Crippen LogP contribution in [-0.2, 0) is 0 Å². The molecule has 0 spiro atoms. The Hall–Kier alpha value is -1.55. The summed E-state index contributed by atoms with van der Waals surface area (Å²) in [6.07, 6.45) is 0. The van der Waals surface area contributed by atoms with Crippen LogP contribution < -0.4 is 10.1 Å². The van der Waals surface area contributed by atoms with E-state index in [0.717, 1.165) is 15.7 Å². The first-order valence-electron chi connectivity index (χ1n) is 5.95. The lowest BCUT2D eigenvalue weighted by atomic mass is 10.1. The first kappa shape index (κ1) is 13.9. The molecule has 0 saturated carbocycles. The third kappa shape index (κ3) is 3.47. The molecule has 1 atom stereocenters. The molecule has 0 amide bonds. The SMILES string of the molecule is COc1ccc(C(C)Nc2cccc(Br)c2)cc1F. The van der Waals surface area contributed by atoms with Gasteiger partial charge in [0.1, 0.15) is 0 Å². The number of ether oxygens (including phenoxy) is 1. The highest BCUT2D eigenvalue weighted by Crippen LogP contribution is 2.25. The fourth-order valence-electron chi connectivity index (χ4n) is 1.86. The summed E-state index contributed by atoms with van der Waals surface area (Å²) in [6, 6.07) is 12.9. The molecule has 0 aliphatic rings. The summed E-state index contributed by atoms with van der Waals surface area (Å²) in [7, 11) is 1.46. The van der Waals surface area contributed by atoms with E-state index in [1.807, 2.05) is 37.3 Å². The van der Waals surface area contributed by atoms with Gasteiger partial charge in [0.25, 0.3) is 0 Å². The van der Waals surface area contributed by atoms with Crippen molar-refractivity contribution in [3.8, 4) is 5.75 Å². The number of methoxy groups -OCH3 is 1. The van der Waals surface area contributed by atoms with Crippen LogP contribution in [0.3, 0.4) is 0 Å². The average molecular weight is 324 g/mol.